The third-order valence-corrected chi connectivity index (χ3v) is 2.19. The molecule has 0 amide bonds. The Morgan fingerprint density at radius 3 is 1.80 bits per heavy atom. The minimum absolute atomic E-state index is 0.251. The van der Waals surface area contributed by atoms with E-state index in [0.717, 1.165) is 31.4 Å². The smallest absolute Gasteiger partial charge is 0.331 e. The maximum Gasteiger partial charge on any atom is 0.331 e. The van der Waals surface area contributed by atoms with Crippen molar-refractivity contribution in [3.8, 4) is 0 Å². The van der Waals surface area contributed by atoms with Gasteiger partial charge in [0.05, 0.1) is 13.2 Å². The maximum atomic E-state index is 11.0. The number of allylic oxidation sites excluding steroid dienone is 1. The number of unbranched alkanes of at least 4 members (excludes halogenated alkanes) is 3. The number of carbonyl (C=O) groups is 3. The van der Waals surface area contributed by atoms with Gasteiger partial charge in [0.1, 0.15) is 0 Å². The standard InChI is InChI=1S/C14H20O6/c1-2-7-13(17)19-10-5-3-4-6-11-20-14(18)9-8-12(15)16/h2,7-9H,3-6,10-11H2,1H3,(H,15,16)/b7-2?,9-8-. The first-order valence-corrected chi connectivity index (χ1v) is 6.43. The highest BCUT2D eigenvalue weighted by Crippen LogP contribution is 2.01. The highest BCUT2D eigenvalue weighted by atomic mass is 16.5. The fourth-order valence-corrected chi connectivity index (χ4v) is 1.27. The molecular formula is C14H20O6. The van der Waals surface area contributed by atoms with Crippen LogP contribution in [-0.2, 0) is 23.9 Å². The number of esters is 2. The number of carbonyl (C=O) groups excluding carboxylic acids is 2. The normalized spacial score (nSPS) is 10.8. The summed E-state index contributed by atoms with van der Waals surface area (Å²) in [5, 5.41) is 8.29. The van der Waals surface area contributed by atoms with Gasteiger partial charge in [-0.1, -0.05) is 6.08 Å². The Kier molecular flexibility index (Phi) is 10.7. The van der Waals surface area contributed by atoms with Crippen LogP contribution in [0, 0.1) is 0 Å². The molecule has 20 heavy (non-hydrogen) atoms. The van der Waals surface area contributed by atoms with Gasteiger partial charge in [0.2, 0.25) is 0 Å². The highest BCUT2D eigenvalue weighted by Gasteiger charge is 1.99. The summed E-state index contributed by atoms with van der Waals surface area (Å²) in [6.07, 6.45) is 7.76. The zero-order valence-electron chi connectivity index (χ0n) is 11.5. The Balaban J connectivity index is 3.39. The molecule has 0 unspecified atom stereocenters. The van der Waals surface area contributed by atoms with Crippen LogP contribution < -0.4 is 0 Å². The fourth-order valence-electron chi connectivity index (χ4n) is 1.27. The van der Waals surface area contributed by atoms with E-state index in [4.69, 9.17) is 14.6 Å². The average molecular weight is 284 g/mol. The van der Waals surface area contributed by atoms with Crippen molar-refractivity contribution in [2.45, 2.75) is 32.6 Å². The third-order valence-electron chi connectivity index (χ3n) is 2.19. The van der Waals surface area contributed by atoms with Crippen LogP contribution in [-0.4, -0.2) is 36.2 Å². The first-order valence-electron chi connectivity index (χ1n) is 6.43. The molecule has 6 nitrogen and oxygen atoms in total. The SMILES string of the molecule is CC=CC(=O)OCCCCCCOC(=O)/C=C\C(=O)O. The second kappa shape index (κ2) is 12.0. The zero-order valence-corrected chi connectivity index (χ0v) is 11.5. The number of ether oxygens (including phenoxy) is 2. The monoisotopic (exact) mass is 284 g/mol. The number of carboxylic acids is 1. The van der Waals surface area contributed by atoms with E-state index in [1.54, 1.807) is 13.0 Å². The summed E-state index contributed by atoms with van der Waals surface area (Å²) < 4.78 is 9.69. The van der Waals surface area contributed by atoms with Crippen molar-refractivity contribution < 1.29 is 29.0 Å². The number of hydrogen-bond acceptors (Lipinski definition) is 5. The van der Waals surface area contributed by atoms with Crippen LogP contribution in [0.25, 0.3) is 0 Å². The van der Waals surface area contributed by atoms with Crippen LogP contribution >= 0.6 is 0 Å². The van der Waals surface area contributed by atoms with Crippen molar-refractivity contribution in [3.05, 3.63) is 24.3 Å². The van der Waals surface area contributed by atoms with Gasteiger partial charge in [0.15, 0.2) is 0 Å². The molecule has 0 radical (unpaired) electrons. The first kappa shape index (κ1) is 17.9. The van der Waals surface area contributed by atoms with Crippen molar-refractivity contribution in [2.24, 2.45) is 0 Å². The van der Waals surface area contributed by atoms with Crippen LogP contribution in [0.2, 0.25) is 0 Å². The summed E-state index contributed by atoms with van der Waals surface area (Å²) >= 11 is 0. The van der Waals surface area contributed by atoms with E-state index in [-0.39, 0.29) is 12.6 Å². The number of carboxylic acid groups (broad SMARTS) is 1. The van der Waals surface area contributed by atoms with Crippen LogP contribution in [0.5, 0.6) is 0 Å². The van der Waals surface area contributed by atoms with Gasteiger partial charge in [0.25, 0.3) is 0 Å². The molecule has 0 rings (SSSR count). The molecule has 0 bridgehead atoms. The van der Waals surface area contributed by atoms with Gasteiger partial charge in [-0.25, -0.2) is 14.4 Å². The Hall–Kier alpha value is -2.11. The van der Waals surface area contributed by atoms with Gasteiger partial charge in [-0.15, -0.1) is 0 Å². The predicted octanol–water partition coefficient (Wildman–Crippen LogP) is 1.85. The second-order valence-corrected chi connectivity index (χ2v) is 3.92. The fraction of sp³-hybridized carbons (Fsp3) is 0.500. The maximum absolute atomic E-state index is 11.0. The van der Waals surface area contributed by atoms with Gasteiger partial charge in [-0.3, -0.25) is 0 Å². The summed E-state index contributed by atoms with van der Waals surface area (Å²) in [5.74, 6) is -2.19. The van der Waals surface area contributed by atoms with Gasteiger partial charge < -0.3 is 14.6 Å². The van der Waals surface area contributed by atoms with Crippen molar-refractivity contribution >= 4 is 17.9 Å². The minimum atomic E-state index is -1.19. The van der Waals surface area contributed by atoms with Gasteiger partial charge in [-0.2, -0.15) is 0 Å². The molecule has 112 valence electrons. The second-order valence-electron chi connectivity index (χ2n) is 3.92. The summed E-state index contributed by atoms with van der Waals surface area (Å²) in [6.45, 7) is 2.37. The number of aliphatic carboxylic acids is 1. The molecule has 0 saturated heterocycles. The lowest BCUT2D eigenvalue weighted by atomic mass is 10.2. The lowest BCUT2D eigenvalue weighted by Gasteiger charge is -2.03. The van der Waals surface area contributed by atoms with Crippen molar-refractivity contribution in [2.75, 3.05) is 13.2 Å². The molecule has 0 saturated carbocycles. The topological polar surface area (TPSA) is 89.9 Å². The lowest BCUT2D eigenvalue weighted by molar-refractivity contribution is -0.139. The molecule has 0 aliphatic carbocycles. The van der Waals surface area contributed by atoms with Crippen LogP contribution in [0.15, 0.2) is 24.3 Å². The highest BCUT2D eigenvalue weighted by molar-refractivity contribution is 5.90. The average Bonchev–Trinajstić information content (AvgIpc) is 2.39. The Bertz CT molecular complexity index is 370. The van der Waals surface area contributed by atoms with Crippen LogP contribution in [0.3, 0.4) is 0 Å². The molecule has 0 aromatic carbocycles. The summed E-state index contributed by atoms with van der Waals surface area (Å²) in [7, 11) is 0. The Morgan fingerprint density at radius 1 is 0.850 bits per heavy atom. The molecule has 0 aliphatic heterocycles. The van der Waals surface area contributed by atoms with Crippen molar-refractivity contribution in [1.29, 1.82) is 0 Å². The molecule has 0 fully saturated rings. The molecular weight excluding hydrogens is 264 g/mol. The molecule has 1 N–H and O–H groups in total. The lowest BCUT2D eigenvalue weighted by Crippen LogP contribution is -2.04. The van der Waals surface area contributed by atoms with E-state index in [1.165, 1.54) is 6.08 Å². The summed E-state index contributed by atoms with van der Waals surface area (Å²) in [5.41, 5.74) is 0. The van der Waals surface area contributed by atoms with Crippen molar-refractivity contribution in [3.63, 3.8) is 0 Å². The predicted molar refractivity (Wildman–Crippen MR) is 72.0 cm³/mol. The quantitative estimate of drug-likeness (QED) is 0.374. The molecule has 6 heteroatoms. The van der Waals surface area contributed by atoms with E-state index < -0.39 is 11.9 Å². The van der Waals surface area contributed by atoms with E-state index in [0.29, 0.717) is 13.0 Å². The number of rotatable bonds is 10. The van der Waals surface area contributed by atoms with Gasteiger partial charge >= 0.3 is 17.9 Å². The van der Waals surface area contributed by atoms with E-state index in [1.807, 2.05) is 0 Å². The first-order chi connectivity index (χ1) is 9.56. The summed E-state index contributed by atoms with van der Waals surface area (Å²) in [4.78, 5) is 32.1. The van der Waals surface area contributed by atoms with E-state index in [2.05, 4.69) is 0 Å². The summed E-state index contributed by atoms with van der Waals surface area (Å²) in [6, 6.07) is 0. The largest absolute Gasteiger partial charge is 0.478 e. The van der Waals surface area contributed by atoms with Crippen molar-refractivity contribution in [1.82, 2.24) is 0 Å². The molecule has 0 heterocycles. The molecule has 0 spiro atoms. The molecule has 0 atom stereocenters. The number of hydrogen-bond donors (Lipinski definition) is 1. The minimum Gasteiger partial charge on any atom is -0.478 e. The third kappa shape index (κ3) is 12.3. The Morgan fingerprint density at radius 2 is 1.35 bits per heavy atom. The van der Waals surface area contributed by atoms with E-state index >= 15 is 0 Å². The Labute approximate surface area is 118 Å². The van der Waals surface area contributed by atoms with Crippen LogP contribution in [0.1, 0.15) is 32.6 Å². The van der Waals surface area contributed by atoms with Crippen LogP contribution in [0.4, 0.5) is 0 Å². The molecule has 0 aromatic rings. The molecule has 0 aliphatic rings. The van der Waals surface area contributed by atoms with Gasteiger partial charge in [-0.05, 0) is 32.6 Å². The van der Waals surface area contributed by atoms with E-state index in [9.17, 15) is 14.4 Å². The molecule has 0 aromatic heterocycles. The van der Waals surface area contributed by atoms with Gasteiger partial charge in [0, 0.05) is 18.2 Å². The zero-order chi connectivity index (χ0) is 15.2.